The SMILES string of the molecule is CC(C)c1cc2c(-c3ccc(C(C)(C)C)cc3)cccc2[cH-]1.CCCCc1c(C)[cH-]c2cccc(-c3ccc(C(C)(C)C)cc3)c12.C[Si](C)(O)O.[Cl-].[Cl-].[Zr+4]. The van der Waals surface area contributed by atoms with Crippen molar-refractivity contribution in [2.75, 3.05) is 0 Å². The normalized spacial score (nSPS) is 11.5. The summed E-state index contributed by atoms with van der Waals surface area (Å²) in [4.78, 5) is 16.4. The predicted molar refractivity (Wildman–Crippen MR) is 227 cm³/mol. The van der Waals surface area contributed by atoms with Crippen molar-refractivity contribution in [1.82, 2.24) is 0 Å². The number of hydrogen-bond acceptors (Lipinski definition) is 2. The van der Waals surface area contributed by atoms with Gasteiger partial charge in [-0.1, -0.05) is 160 Å². The number of rotatable bonds is 6. The molecule has 6 heteroatoms. The Morgan fingerprint density at radius 2 is 1.11 bits per heavy atom. The second-order valence-electron chi connectivity index (χ2n) is 17.1. The van der Waals surface area contributed by atoms with Gasteiger partial charge in [0.25, 0.3) is 0 Å². The molecule has 0 saturated carbocycles. The fraction of sp³-hybridized carbons (Fsp3) is 0.375. The van der Waals surface area contributed by atoms with E-state index in [1.54, 1.807) is 5.56 Å². The summed E-state index contributed by atoms with van der Waals surface area (Å²) >= 11 is 0. The average molecular weight is 861 g/mol. The largest absolute Gasteiger partial charge is 4.00 e. The van der Waals surface area contributed by atoms with Crippen LogP contribution in [0, 0.1) is 6.92 Å². The standard InChI is InChI=1S/C24H29.C22H25.C2H8O2Si.2ClH.Zr/c1-6-7-10-21-17(2)16-19-9-8-11-22(23(19)21)18-12-14-20(15-13-18)24(3,4)5;1-15(2)18-13-17-7-6-8-20(21(17)14-18)16-9-11-19(12-10-16)22(3,4)5;1-5(2,3)4;;;/h8-9,11-16H,6-7,10H2,1-5H3;6-15H,1-5H3;3-4H,1-2H3;2*1H;/q2*-1;;;;+4/p-2. The minimum atomic E-state index is -2.61. The van der Waals surface area contributed by atoms with Crippen LogP contribution in [0.15, 0.2) is 103 Å². The second-order valence-corrected chi connectivity index (χ2v) is 20.1. The molecule has 6 rings (SSSR count). The molecular formula is C48H62Cl2O2SiZr. The first-order valence-electron chi connectivity index (χ1n) is 18.8. The molecule has 0 unspecified atom stereocenters. The number of benzene rings is 4. The Bertz CT molecular complexity index is 2010. The van der Waals surface area contributed by atoms with Gasteiger partial charge in [0.15, 0.2) is 0 Å². The van der Waals surface area contributed by atoms with Crippen LogP contribution < -0.4 is 24.8 Å². The summed E-state index contributed by atoms with van der Waals surface area (Å²) < 4.78 is 0. The molecule has 0 heterocycles. The molecular weight excluding hydrogens is 799 g/mol. The molecule has 0 bridgehead atoms. The molecule has 288 valence electrons. The van der Waals surface area contributed by atoms with E-state index in [1.165, 1.54) is 98.4 Å². The van der Waals surface area contributed by atoms with Crippen LogP contribution in [0.4, 0.5) is 0 Å². The minimum Gasteiger partial charge on any atom is -1.00 e. The summed E-state index contributed by atoms with van der Waals surface area (Å²) in [6.07, 6.45) is 3.69. The van der Waals surface area contributed by atoms with Crippen LogP contribution in [0.3, 0.4) is 0 Å². The summed E-state index contributed by atoms with van der Waals surface area (Å²) in [5.41, 5.74) is 12.9. The maximum atomic E-state index is 8.22. The first kappa shape index (κ1) is 49.7. The Morgan fingerprint density at radius 3 is 1.56 bits per heavy atom. The van der Waals surface area contributed by atoms with E-state index in [0.717, 1.165) is 0 Å². The van der Waals surface area contributed by atoms with Crippen LogP contribution in [-0.4, -0.2) is 18.2 Å². The van der Waals surface area contributed by atoms with Gasteiger partial charge in [-0.25, -0.2) is 0 Å². The van der Waals surface area contributed by atoms with E-state index in [0.29, 0.717) is 5.92 Å². The van der Waals surface area contributed by atoms with Crippen LogP contribution in [0.5, 0.6) is 0 Å². The van der Waals surface area contributed by atoms with E-state index >= 15 is 0 Å². The van der Waals surface area contributed by atoms with E-state index in [4.69, 9.17) is 9.59 Å². The molecule has 6 aromatic rings. The smallest absolute Gasteiger partial charge is 1.00 e. The molecule has 0 radical (unpaired) electrons. The predicted octanol–water partition coefficient (Wildman–Crippen LogP) is 7.50. The molecule has 0 spiro atoms. The molecule has 0 fully saturated rings. The number of fused-ring (bicyclic) bond motifs is 2. The Balaban J connectivity index is 0.000000459. The Hall–Kier alpha value is -2.30. The van der Waals surface area contributed by atoms with Gasteiger partial charge in [0.2, 0.25) is 0 Å². The van der Waals surface area contributed by atoms with Crippen LogP contribution in [-0.2, 0) is 43.5 Å². The molecule has 0 aliphatic heterocycles. The monoisotopic (exact) mass is 858 g/mol. The van der Waals surface area contributed by atoms with Crippen molar-refractivity contribution in [3.05, 3.63) is 131 Å². The van der Waals surface area contributed by atoms with Crippen molar-refractivity contribution < 1.29 is 60.6 Å². The van der Waals surface area contributed by atoms with Gasteiger partial charge in [0.05, 0.1) is 0 Å². The van der Waals surface area contributed by atoms with Gasteiger partial charge in [-0.05, 0) is 52.1 Å². The fourth-order valence-corrected chi connectivity index (χ4v) is 6.60. The van der Waals surface area contributed by atoms with Gasteiger partial charge in [-0.2, -0.15) is 6.07 Å². The van der Waals surface area contributed by atoms with Crippen molar-refractivity contribution in [3.8, 4) is 22.3 Å². The van der Waals surface area contributed by atoms with E-state index in [-0.39, 0.29) is 61.8 Å². The van der Waals surface area contributed by atoms with Gasteiger partial charge in [-0.15, -0.1) is 74.6 Å². The number of hydrogen-bond donors (Lipinski definition) is 2. The third kappa shape index (κ3) is 13.4. The van der Waals surface area contributed by atoms with E-state index in [2.05, 4.69) is 172 Å². The molecule has 2 N–H and O–H groups in total. The zero-order valence-corrected chi connectivity index (χ0v) is 39.6. The molecule has 54 heavy (non-hydrogen) atoms. The van der Waals surface area contributed by atoms with Gasteiger partial charge in [0, 0.05) is 0 Å². The molecule has 0 aliphatic rings. The molecule has 0 saturated heterocycles. The van der Waals surface area contributed by atoms with Crippen molar-refractivity contribution in [2.45, 2.75) is 118 Å². The Labute approximate surface area is 359 Å². The Morgan fingerprint density at radius 1 is 0.667 bits per heavy atom. The van der Waals surface area contributed by atoms with Crippen LogP contribution in [0.1, 0.15) is 109 Å². The molecule has 0 atom stereocenters. The zero-order valence-electron chi connectivity index (χ0n) is 34.7. The third-order valence-corrected chi connectivity index (χ3v) is 9.59. The van der Waals surface area contributed by atoms with Crippen LogP contribution in [0.2, 0.25) is 13.1 Å². The Kier molecular flexibility index (Phi) is 19.1. The summed E-state index contributed by atoms with van der Waals surface area (Å²) in [6, 6.07) is 38.6. The van der Waals surface area contributed by atoms with Crippen LogP contribution >= 0.6 is 0 Å². The van der Waals surface area contributed by atoms with Gasteiger partial charge >= 0.3 is 34.8 Å². The summed E-state index contributed by atoms with van der Waals surface area (Å²) in [5.74, 6) is 0.573. The molecule has 0 amide bonds. The molecule has 6 aromatic carbocycles. The zero-order chi connectivity index (χ0) is 37.7. The van der Waals surface area contributed by atoms with Crippen molar-refractivity contribution >= 4 is 30.1 Å². The van der Waals surface area contributed by atoms with Crippen molar-refractivity contribution in [2.24, 2.45) is 0 Å². The van der Waals surface area contributed by atoms with Crippen LogP contribution in [0.25, 0.3) is 43.8 Å². The quantitative estimate of drug-likeness (QED) is 0.135. The maximum absolute atomic E-state index is 8.22. The number of aryl methyl sites for hydroxylation is 2. The first-order chi connectivity index (χ1) is 23.8. The fourth-order valence-electron chi connectivity index (χ4n) is 6.60. The molecule has 0 aliphatic carbocycles. The van der Waals surface area contributed by atoms with Gasteiger partial charge in [-0.3, -0.25) is 0 Å². The summed E-state index contributed by atoms with van der Waals surface area (Å²) in [6.45, 7) is 25.5. The van der Waals surface area contributed by atoms with Gasteiger partial charge < -0.3 is 34.4 Å². The van der Waals surface area contributed by atoms with Gasteiger partial charge in [0.1, 0.15) is 0 Å². The van der Waals surface area contributed by atoms with Crippen molar-refractivity contribution in [1.29, 1.82) is 0 Å². The summed E-state index contributed by atoms with van der Waals surface area (Å²) in [7, 11) is -2.61. The summed E-state index contributed by atoms with van der Waals surface area (Å²) in [5, 5.41) is 5.57. The van der Waals surface area contributed by atoms with E-state index in [9.17, 15) is 0 Å². The first-order valence-corrected chi connectivity index (χ1v) is 21.7. The molecule has 2 nitrogen and oxygen atoms in total. The molecule has 0 aromatic heterocycles. The third-order valence-electron chi connectivity index (χ3n) is 9.59. The minimum absolute atomic E-state index is 0. The topological polar surface area (TPSA) is 40.5 Å². The van der Waals surface area contributed by atoms with Crippen molar-refractivity contribution in [3.63, 3.8) is 0 Å². The maximum Gasteiger partial charge on any atom is 4.00 e. The number of unbranched alkanes of at least 4 members (excludes halogenated alkanes) is 1. The average Bonchev–Trinajstić information content (AvgIpc) is 3.63. The second kappa shape index (κ2) is 20.7. The van der Waals surface area contributed by atoms with E-state index < -0.39 is 8.56 Å². The van der Waals surface area contributed by atoms with E-state index in [1.807, 2.05) is 0 Å². The number of halogens is 2.